The molecule has 0 radical (unpaired) electrons. The quantitative estimate of drug-likeness (QED) is 0.253. The third-order valence-electron chi connectivity index (χ3n) is 3.46. The van der Waals surface area contributed by atoms with Gasteiger partial charge in [-0.1, -0.05) is 22.0 Å². The van der Waals surface area contributed by atoms with Gasteiger partial charge in [0, 0.05) is 24.6 Å². The van der Waals surface area contributed by atoms with Gasteiger partial charge < -0.3 is 15.2 Å². The van der Waals surface area contributed by atoms with Gasteiger partial charge in [-0.3, -0.25) is 0 Å². The van der Waals surface area contributed by atoms with E-state index in [-0.39, 0.29) is 29.8 Å². The standard InChI is InChI=1S/C16H22BrFN6.HI/c1-3-19-16(21-10-15-23-22-11-24(15)2)20-8-4-5-12-6-7-13(17)9-14(12)18;/h6-7,9,11H,3-5,8,10H2,1-2H3,(H2,19,20,21);1H. The average Bonchev–Trinajstić information content (AvgIpc) is 2.96. The number of rotatable bonds is 7. The molecular weight excluding hydrogens is 502 g/mol. The monoisotopic (exact) mass is 524 g/mol. The van der Waals surface area contributed by atoms with Crippen molar-refractivity contribution in [3.63, 3.8) is 0 Å². The number of hydrogen-bond donors (Lipinski definition) is 2. The predicted octanol–water partition coefficient (Wildman–Crippen LogP) is 3.02. The lowest BCUT2D eigenvalue weighted by Gasteiger charge is -2.11. The van der Waals surface area contributed by atoms with E-state index in [2.05, 4.69) is 41.8 Å². The summed E-state index contributed by atoms with van der Waals surface area (Å²) in [5.41, 5.74) is 0.723. The molecule has 0 bridgehead atoms. The lowest BCUT2D eigenvalue weighted by atomic mass is 10.1. The maximum Gasteiger partial charge on any atom is 0.191 e. The van der Waals surface area contributed by atoms with E-state index in [1.54, 1.807) is 6.33 Å². The zero-order valence-electron chi connectivity index (χ0n) is 14.3. The third kappa shape index (κ3) is 7.27. The molecule has 1 aromatic carbocycles. The topological polar surface area (TPSA) is 67.1 Å². The molecule has 25 heavy (non-hydrogen) atoms. The summed E-state index contributed by atoms with van der Waals surface area (Å²) >= 11 is 3.27. The molecule has 1 heterocycles. The molecule has 138 valence electrons. The number of aromatic nitrogens is 3. The first kappa shape index (κ1) is 21.8. The van der Waals surface area contributed by atoms with Gasteiger partial charge in [-0.25, -0.2) is 9.38 Å². The van der Waals surface area contributed by atoms with Crippen molar-refractivity contribution in [1.29, 1.82) is 0 Å². The normalized spacial score (nSPS) is 11.1. The van der Waals surface area contributed by atoms with Crippen molar-refractivity contribution >= 4 is 45.9 Å². The molecule has 0 amide bonds. The van der Waals surface area contributed by atoms with Crippen LogP contribution in [0.1, 0.15) is 24.7 Å². The van der Waals surface area contributed by atoms with Crippen molar-refractivity contribution in [2.45, 2.75) is 26.3 Å². The molecule has 6 nitrogen and oxygen atoms in total. The second kappa shape index (κ2) is 11.4. The van der Waals surface area contributed by atoms with Crippen molar-refractivity contribution in [2.24, 2.45) is 12.0 Å². The zero-order chi connectivity index (χ0) is 17.4. The SMILES string of the molecule is CCNC(=NCc1nncn1C)NCCCc1ccc(Br)cc1F.I. The Kier molecular flexibility index (Phi) is 9.94. The highest BCUT2D eigenvalue weighted by Crippen LogP contribution is 2.16. The highest BCUT2D eigenvalue weighted by molar-refractivity contribution is 14.0. The third-order valence-corrected chi connectivity index (χ3v) is 3.95. The van der Waals surface area contributed by atoms with Gasteiger partial charge in [0.15, 0.2) is 11.8 Å². The molecule has 2 N–H and O–H groups in total. The Morgan fingerprint density at radius 1 is 1.36 bits per heavy atom. The molecule has 2 rings (SSSR count). The minimum Gasteiger partial charge on any atom is -0.357 e. The van der Waals surface area contributed by atoms with Gasteiger partial charge in [0.1, 0.15) is 18.7 Å². The highest BCUT2D eigenvalue weighted by atomic mass is 127. The van der Waals surface area contributed by atoms with Crippen LogP contribution in [0.15, 0.2) is 34.0 Å². The van der Waals surface area contributed by atoms with E-state index in [1.165, 1.54) is 6.07 Å². The Labute approximate surface area is 172 Å². The first-order valence-electron chi connectivity index (χ1n) is 7.89. The number of hydrogen-bond acceptors (Lipinski definition) is 3. The van der Waals surface area contributed by atoms with Crippen molar-refractivity contribution in [1.82, 2.24) is 25.4 Å². The van der Waals surface area contributed by atoms with E-state index in [1.807, 2.05) is 30.7 Å². The minimum atomic E-state index is -0.174. The Morgan fingerprint density at radius 2 is 2.16 bits per heavy atom. The van der Waals surface area contributed by atoms with Crippen molar-refractivity contribution in [3.8, 4) is 0 Å². The molecule has 0 unspecified atom stereocenters. The summed E-state index contributed by atoms with van der Waals surface area (Å²) < 4.78 is 16.4. The number of aliphatic imine (C=N–C) groups is 1. The molecule has 0 aliphatic rings. The molecule has 2 aromatic rings. The molecular formula is C16H23BrFIN6. The van der Waals surface area contributed by atoms with Gasteiger partial charge in [0.05, 0.1) is 0 Å². The van der Waals surface area contributed by atoms with Gasteiger partial charge in [0.2, 0.25) is 0 Å². The van der Waals surface area contributed by atoms with Crippen LogP contribution in [0.3, 0.4) is 0 Å². The number of benzene rings is 1. The summed E-state index contributed by atoms with van der Waals surface area (Å²) in [6, 6.07) is 5.17. The van der Waals surface area contributed by atoms with E-state index in [9.17, 15) is 4.39 Å². The maximum absolute atomic E-state index is 13.8. The van der Waals surface area contributed by atoms with Crippen LogP contribution in [0.25, 0.3) is 0 Å². The summed E-state index contributed by atoms with van der Waals surface area (Å²) in [5.74, 6) is 1.34. The molecule has 0 saturated carbocycles. The molecule has 0 atom stereocenters. The molecule has 0 aliphatic heterocycles. The maximum atomic E-state index is 13.8. The van der Waals surface area contributed by atoms with Crippen LogP contribution in [0, 0.1) is 5.82 Å². The van der Waals surface area contributed by atoms with Gasteiger partial charge in [-0.15, -0.1) is 34.2 Å². The fourth-order valence-corrected chi connectivity index (χ4v) is 2.48. The average molecular weight is 525 g/mol. The fourth-order valence-electron chi connectivity index (χ4n) is 2.15. The minimum absolute atomic E-state index is 0. The lowest BCUT2D eigenvalue weighted by Crippen LogP contribution is -2.38. The zero-order valence-corrected chi connectivity index (χ0v) is 18.2. The van der Waals surface area contributed by atoms with Crippen LogP contribution in [-0.4, -0.2) is 33.8 Å². The molecule has 0 saturated heterocycles. The largest absolute Gasteiger partial charge is 0.357 e. The van der Waals surface area contributed by atoms with Crippen molar-refractivity contribution in [2.75, 3.05) is 13.1 Å². The summed E-state index contributed by atoms with van der Waals surface area (Å²) in [6.07, 6.45) is 3.14. The van der Waals surface area contributed by atoms with Gasteiger partial charge >= 0.3 is 0 Å². The van der Waals surface area contributed by atoms with Crippen LogP contribution in [-0.2, 0) is 20.0 Å². The van der Waals surface area contributed by atoms with Crippen LogP contribution in [0.4, 0.5) is 4.39 Å². The van der Waals surface area contributed by atoms with Gasteiger partial charge in [-0.05, 0) is 37.5 Å². The Hall–Kier alpha value is -1.23. The molecule has 9 heteroatoms. The first-order valence-corrected chi connectivity index (χ1v) is 8.68. The summed E-state index contributed by atoms with van der Waals surface area (Å²) in [5, 5.41) is 14.3. The molecule has 0 spiro atoms. The van der Waals surface area contributed by atoms with Gasteiger partial charge in [0.25, 0.3) is 0 Å². The molecule has 0 aliphatic carbocycles. The van der Waals surface area contributed by atoms with E-state index in [0.717, 1.165) is 34.8 Å². The number of halogens is 3. The van der Waals surface area contributed by atoms with E-state index in [0.29, 0.717) is 19.5 Å². The highest BCUT2D eigenvalue weighted by Gasteiger charge is 2.04. The van der Waals surface area contributed by atoms with E-state index >= 15 is 0 Å². The Balaban J connectivity index is 0.00000312. The predicted molar refractivity (Wildman–Crippen MR) is 112 cm³/mol. The Morgan fingerprint density at radius 3 is 2.80 bits per heavy atom. The smallest absolute Gasteiger partial charge is 0.191 e. The lowest BCUT2D eigenvalue weighted by molar-refractivity contribution is 0.601. The van der Waals surface area contributed by atoms with Gasteiger partial charge in [-0.2, -0.15) is 0 Å². The van der Waals surface area contributed by atoms with Crippen LogP contribution < -0.4 is 10.6 Å². The Bertz CT molecular complexity index is 691. The number of guanidine groups is 1. The number of nitrogens with one attached hydrogen (secondary N) is 2. The summed E-state index contributed by atoms with van der Waals surface area (Å²) in [6.45, 7) is 3.94. The van der Waals surface area contributed by atoms with E-state index in [4.69, 9.17) is 0 Å². The van der Waals surface area contributed by atoms with Crippen LogP contribution in [0.5, 0.6) is 0 Å². The first-order chi connectivity index (χ1) is 11.6. The number of nitrogens with zero attached hydrogens (tertiary/aromatic N) is 4. The summed E-state index contributed by atoms with van der Waals surface area (Å²) in [4.78, 5) is 4.48. The van der Waals surface area contributed by atoms with Crippen LogP contribution in [0.2, 0.25) is 0 Å². The van der Waals surface area contributed by atoms with E-state index < -0.39 is 0 Å². The van der Waals surface area contributed by atoms with Crippen molar-refractivity contribution < 1.29 is 4.39 Å². The fraction of sp³-hybridized carbons (Fsp3) is 0.438. The summed E-state index contributed by atoms with van der Waals surface area (Å²) in [7, 11) is 1.89. The second-order valence-corrected chi connectivity index (χ2v) is 6.23. The van der Waals surface area contributed by atoms with Crippen LogP contribution >= 0.6 is 39.9 Å². The van der Waals surface area contributed by atoms with Crippen molar-refractivity contribution in [3.05, 3.63) is 46.2 Å². The second-order valence-electron chi connectivity index (χ2n) is 5.32. The molecule has 1 aromatic heterocycles. The molecule has 0 fully saturated rings. The number of aryl methyl sites for hydroxylation is 2.